The molecule has 1 atom stereocenters. The molecule has 0 fully saturated rings. The summed E-state index contributed by atoms with van der Waals surface area (Å²) < 4.78 is 10.4. The van der Waals surface area contributed by atoms with E-state index in [1.807, 2.05) is 37.3 Å². The number of nitrogens with one attached hydrogen (secondary N) is 1. The van der Waals surface area contributed by atoms with E-state index >= 15 is 0 Å². The molecule has 1 N–H and O–H groups in total. The minimum absolute atomic E-state index is 0.0125. The number of hydrogen-bond acceptors (Lipinski definition) is 5. The molecule has 0 saturated carbocycles. The molecule has 7 heteroatoms. The molecule has 2 aromatic carbocycles. The van der Waals surface area contributed by atoms with E-state index in [0.717, 1.165) is 12.0 Å². The summed E-state index contributed by atoms with van der Waals surface area (Å²) in [4.78, 5) is 37.8. The van der Waals surface area contributed by atoms with Crippen LogP contribution in [0.15, 0.2) is 48.5 Å². The Morgan fingerprint density at radius 2 is 1.90 bits per heavy atom. The Morgan fingerprint density at radius 3 is 2.63 bits per heavy atom. The number of carbonyl (C=O) groups excluding carboxylic acids is 3. The first kappa shape index (κ1) is 21.4. The van der Waals surface area contributed by atoms with Crippen molar-refractivity contribution in [1.82, 2.24) is 5.32 Å². The first-order valence-electron chi connectivity index (χ1n) is 10.0. The molecular formula is C23H26N2O5. The number of fused-ring (bicyclic) bond motifs is 1. The fourth-order valence-electron chi connectivity index (χ4n) is 3.23. The van der Waals surface area contributed by atoms with Crippen LogP contribution in [0.1, 0.15) is 37.4 Å². The maximum Gasteiger partial charge on any atom is 0.308 e. The van der Waals surface area contributed by atoms with E-state index in [1.54, 1.807) is 18.2 Å². The summed E-state index contributed by atoms with van der Waals surface area (Å²) in [5.74, 6) is -0.530. The number of rotatable bonds is 8. The number of amides is 2. The molecule has 0 spiro atoms. The number of nitrogens with zero attached hydrogens (tertiary/aromatic N) is 1. The molecule has 0 radical (unpaired) electrons. The van der Waals surface area contributed by atoms with Crippen LogP contribution in [-0.2, 0) is 25.5 Å². The Balaban J connectivity index is 1.44. The maximum atomic E-state index is 12.1. The standard InChI is InChI=1S/C23H26N2O5/c1-3-17-8-10-18(11-9-17)16(2)24-21(26)14-30-23(28)12-13-25-19-6-4-5-7-20(19)29-15-22(25)27/h4-11,16H,3,12-15H2,1-2H3,(H,24,26)/t16-/m0/s1. The third kappa shape index (κ3) is 5.37. The minimum atomic E-state index is -0.540. The number of carbonyl (C=O) groups is 3. The van der Waals surface area contributed by atoms with Gasteiger partial charge in [-0.2, -0.15) is 0 Å². The van der Waals surface area contributed by atoms with Gasteiger partial charge in [-0.25, -0.2) is 0 Å². The second kappa shape index (κ2) is 9.91. The molecule has 1 aliphatic heterocycles. The highest BCUT2D eigenvalue weighted by molar-refractivity contribution is 5.98. The van der Waals surface area contributed by atoms with Crippen LogP contribution >= 0.6 is 0 Å². The number of aryl methyl sites for hydroxylation is 1. The van der Waals surface area contributed by atoms with Crippen molar-refractivity contribution >= 4 is 23.5 Å². The Hall–Kier alpha value is -3.35. The number of esters is 1. The lowest BCUT2D eigenvalue weighted by Crippen LogP contribution is -2.40. The first-order chi connectivity index (χ1) is 14.5. The lowest BCUT2D eigenvalue weighted by Gasteiger charge is -2.28. The zero-order valence-electron chi connectivity index (χ0n) is 17.2. The third-order valence-corrected chi connectivity index (χ3v) is 4.98. The van der Waals surface area contributed by atoms with Crippen molar-refractivity contribution in [3.8, 4) is 5.75 Å². The van der Waals surface area contributed by atoms with E-state index in [4.69, 9.17) is 9.47 Å². The van der Waals surface area contributed by atoms with E-state index < -0.39 is 5.97 Å². The highest BCUT2D eigenvalue weighted by Gasteiger charge is 2.25. The van der Waals surface area contributed by atoms with Crippen LogP contribution in [0.2, 0.25) is 0 Å². The van der Waals surface area contributed by atoms with Crippen molar-refractivity contribution in [1.29, 1.82) is 0 Å². The summed E-state index contributed by atoms with van der Waals surface area (Å²) in [5.41, 5.74) is 2.84. The number of para-hydroxylation sites is 2. The maximum absolute atomic E-state index is 12.1. The number of ether oxygens (including phenoxy) is 2. The molecule has 0 saturated heterocycles. The van der Waals surface area contributed by atoms with E-state index in [9.17, 15) is 14.4 Å². The largest absolute Gasteiger partial charge is 0.482 e. The molecule has 1 aliphatic rings. The molecule has 2 aromatic rings. The SMILES string of the molecule is CCc1ccc([C@H](C)NC(=O)COC(=O)CCN2C(=O)COc3ccccc32)cc1. The van der Waals surface area contributed by atoms with Gasteiger partial charge in [-0.15, -0.1) is 0 Å². The average molecular weight is 410 g/mol. The van der Waals surface area contributed by atoms with Gasteiger partial charge in [0.25, 0.3) is 11.8 Å². The van der Waals surface area contributed by atoms with Crippen LogP contribution in [0.25, 0.3) is 0 Å². The Labute approximate surface area is 176 Å². The van der Waals surface area contributed by atoms with E-state index in [-0.39, 0.29) is 44.0 Å². The van der Waals surface area contributed by atoms with Gasteiger partial charge in [0.15, 0.2) is 13.2 Å². The van der Waals surface area contributed by atoms with Crippen LogP contribution in [-0.4, -0.2) is 37.5 Å². The Morgan fingerprint density at radius 1 is 1.17 bits per heavy atom. The van der Waals surface area contributed by atoms with Crippen molar-refractivity contribution < 1.29 is 23.9 Å². The highest BCUT2D eigenvalue weighted by atomic mass is 16.5. The molecule has 0 aromatic heterocycles. The summed E-state index contributed by atoms with van der Waals surface area (Å²) in [6.45, 7) is 3.71. The summed E-state index contributed by atoms with van der Waals surface area (Å²) >= 11 is 0. The van der Waals surface area contributed by atoms with Gasteiger partial charge in [0.05, 0.1) is 18.2 Å². The zero-order chi connectivity index (χ0) is 21.5. The van der Waals surface area contributed by atoms with Crippen molar-refractivity contribution in [3.63, 3.8) is 0 Å². The quantitative estimate of drug-likeness (QED) is 0.677. The summed E-state index contributed by atoms with van der Waals surface area (Å²) in [7, 11) is 0. The summed E-state index contributed by atoms with van der Waals surface area (Å²) in [6, 6.07) is 15.0. The van der Waals surface area contributed by atoms with Crippen LogP contribution in [0.5, 0.6) is 5.75 Å². The van der Waals surface area contributed by atoms with Crippen LogP contribution < -0.4 is 15.0 Å². The van der Waals surface area contributed by atoms with Crippen molar-refractivity contribution in [2.24, 2.45) is 0 Å². The molecule has 0 aliphatic carbocycles. The van der Waals surface area contributed by atoms with Crippen LogP contribution in [0, 0.1) is 0 Å². The van der Waals surface area contributed by atoms with Crippen molar-refractivity contribution in [2.75, 3.05) is 24.7 Å². The van der Waals surface area contributed by atoms with Crippen molar-refractivity contribution in [3.05, 3.63) is 59.7 Å². The van der Waals surface area contributed by atoms with Gasteiger partial charge in [-0.05, 0) is 36.6 Å². The van der Waals surface area contributed by atoms with E-state index in [2.05, 4.69) is 12.2 Å². The Bertz CT molecular complexity index is 910. The van der Waals surface area contributed by atoms with Crippen LogP contribution in [0.4, 0.5) is 5.69 Å². The highest BCUT2D eigenvalue weighted by Crippen LogP contribution is 2.31. The van der Waals surface area contributed by atoms with E-state index in [1.165, 1.54) is 10.5 Å². The number of hydrogen-bond donors (Lipinski definition) is 1. The van der Waals surface area contributed by atoms with E-state index in [0.29, 0.717) is 11.4 Å². The molecule has 30 heavy (non-hydrogen) atoms. The summed E-state index contributed by atoms with van der Waals surface area (Å²) in [5, 5.41) is 2.82. The smallest absolute Gasteiger partial charge is 0.308 e. The Kier molecular flexibility index (Phi) is 7.06. The topological polar surface area (TPSA) is 84.9 Å². The average Bonchev–Trinajstić information content (AvgIpc) is 2.77. The zero-order valence-corrected chi connectivity index (χ0v) is 17.2. The predicted molar refractivity (Wildman–Crippen MR) is 112 cm³/mol. The monoisotopic (exact) mass is 410 g/mol. The first-order valence-corrected chi connectivity index (χ1v) is 10.0. The van der Waals surface area contributed by atoms with Gasteiger partial charge in [0.1, 0.15) is 5.75 Å². The second-order valence-electron chi connectivity index (χ2n) is 7.10. The van der Waals surface area contributed by atoms with Gasteiger partial charge in [-0.1, -0.05) is 43.3 Å². The van der Waals surface area contributed by atoms with Gasteiger partial charge in [-0.3, -0.25) is 14.4 Å². The molecule has 1 heterocycles. The summed E-state index contributed by atoms with van der Waals surface area (Å²) in [6.07, 6.45) is 0.944. The molecule has 7 nitrogen and oxygen atoms in total. The number of benzene rings is 2. The molecule has 158 valence electrons. The fraction of sp³-hybridized carbons (Fsp3) is 0.348. The minimum Gasteiger partial charge on any atom is -0.482 e. The molecule has 2 amide bonds. The molecule has 0 bridgehead atoms. The third-order valence-electron chi connectivity index (χ3n) is 4.98. The van der Waals surface area contributed by atoms with Gasteiger partial charge in [0.2, 0.25) is 0 Å². The van der Waals surface area contributed by atoms with Gasteiger partial charge in [0, 0.05) is 6.54 Å². The second-order valence-corrected chi connectivity index (χ2v) is 7.10. The number of anilines is 1. The van der Waals surface area contributed by atoms with Gasteiger partial charge >= 0.3 is 5.97 Å². The van der Waals surface area contributed by atoms with Gasteiger partial charge < -0.3 is 19.7 Å². The normalized spacial score (nSPS) is 13.8. The fourth-order valence-corrected chi connectivity index (χ4v) is 3.23. The molecule has 3 rings (SSSR count). The van der Waals surface area contributed by atoms with Crippen molar-refractivity contribution in [2.45, 2.75) is 32.7 Å². The lowest BCUT2D eigenvalue weighted by atomic mass is 10.1. The molecule has 0 unspecified atom stereocenters. The lowest BCUT2D eigenvalue weighted by molar-refractivity contribution is -0.148. The predicted octanol–water partition coefficient (Wildman–Crippen LogP) is 2.79. The molecular weight excluding hydrogens is 384 g/mol. The van der Waals surface area contributed by atoms with Crippen LogP contribution in [0.3, 0.4) is 0 Å².